The zero-order chi connectivity index (χ0) is 15.2. The predicted octanol–water partition coefficient (Wildman–Crippen LogP) is 0.748. The lowest BCUT2D eigenvalue weighted by atomic mass is 10.2. The summed E-state index contributed by atoms with van der Waals surface area (Å²) in [5.74, 6) is 0.421. The summed E-state index contributed by atoms with van der Waals surface area (Å²) in [5.41, 5.74) is 0.894. The van der Waals surface area contributed by atoms with Gasteiger partial charge in [-0.1, -0.05) is 26.0 Å². The Labute approximate surface area is 124 Å². The quantitative estimate of drug-likeness (QED) is 0.699. The Hall–Kier alpha value is -2.24. The number of fused-ring (bicyclic) bond motifs is 1. The highest BCUT2D eigenvalue weighted by Gasteiger charge is 2.25. The fourth-order valence-electron chi connectivity index (χ4n) is 1.95. The van der Waals surface area contributed by atoms with Gasteiger partial charge in [-0.3, -0.25) is 9.59 Å². The standard InChI is InChI=1S/C15H21N3O3/c1-10(2)14(19)16-7-8-17-15(20)13-9-18-11-5-3-4-6-12(11)21-13/h3-6,10,13,18H,7-9H2,1-2H3,(H,16,19)(H,17,20). The van der Waals surface area contributed by atoms with Gasteiger partial charge in [-0.05, 0) is 12.1 Å². The summed E-state index contributed by atoms with van der Waals surface area (Å²) < 4.78 is 5.65. The number of carbonyl (C=O) groups excluding carboxylic acids is 2. The van der Waals surface area contributed by atoms with Crippen molar-refractivity contribution in [3.63, 3.8) is 0 Å². The molecule has 6 heteroatoms. The topological polar surface area (TPSA) is 79.5 Å². The number of nitrogens with one attached hydrogen (secondary N) is 3. The summed E-state index contributed by atoms with van der Waals surface area (Å²) in [6.07, 6.45) is -0.555. The van der Waals surface area contributed by atoms with Gasteiger partial charge >= 0.3 is 0 Å². The molecular weight excluding hydrogens is 270 g/mol. The van der Waals surface area contributed by atoms with Crippen molar-refractivity contribution >= 4 is 17.5 Å². The van der Waals surface area contributed by atoms with Gasteiger partial charge in [0.1, 0.15) is 5.75 Å². The maximum Gasteiger partial charge on any atom is 0.263 e. The van der Waals surface area contributed by atoms with Crippen LogP contribution in [0.4, 0.5) is 5.69 Å². The molecule has 0 spiro atoms. The molecule has 0 saturated heterocycles. The highest BCUT2D eigenvalue weighted by atomic mass is 16.5. The second-order valence-corrected chi connectivity index (χ2v) is 5.22. The fourth-order valence-corrected chi connectivity index (χ4v) is 1.95. The number of amides is 2. The molecule has 0 aromatic heterocycles. The number of hydrogen-bond acceptors (Lipinski definition) is 4. The molecule has 1 heterocycles. The van der Waals surface area contributed by atoms with Crippen molar-refractivity contribution in [3.8, 4) is 5.75 Å². The van der Waals surface area contributed by atoms with Gasteiger partial charge in [-0.15, -0.1) is 0 Å². The summed E-state index contributed by atoms with van der Waals surface area (Å²) in [7, 11) is 0. The molecule has 114 valence electrons. The van der Waals surface area contributed by atoms with Crippen molar-refractivity contribution in [1.82, 2.24) is 10.6 Å². The number of carbonyl (C=O) groups is 2. The van der Waals surface area contributed by atoms with E-state index in [9.17, 15) is 9.59 Å². The molecule has 1 atom stereocenters. The van der Waals surface area contributed by atoms with Crippen LogP contribution >= 0.6 is 0 Å². The third-order valence-corrected chi connectivity index (χ3v) is 3.17. The monoisotopic (exact) mass is 291 g/mol. The molecule has 21 heavy (non-hydrogen) atoms. The summed E-state index contributed by atoms with van der Waals surface area (Å²) >= 11 is 0. The molecule has 0 fully saturated rings. The van der Waals surface area contributed by atoms with E-state index in [1.54, 1.807) is 0 Å². The minimum atomic E-state index is -0.555. The lowest BCUT2D eigenvalue weighted by molar-refractivity contribution is -0.128. The van der Waals surface area contributed by atoms with Crippen LogP contribution in [0.25, 0.3) is 0 Å². The van der Waals surface area contributed by atoms with E-state index in [0.717, 1.165) is 5.69 Å². The molecule has 2 rings (SSSR count). The van der Waals surface area contributed by atoms with E-state index >= 15 is 0 Å². The molecule has 1 aliphatic rings. The van der Waals surface area contributed by atoms with Gasteiger partial charge in [0, 0.05) is 19.0 Å². The van der Waals surface area contributed by atoms with Crippen molar-refractivity contribution in [3.05, 3.63) is 24.3 Å². The van der Waals surface area contributed by atoms with Gasteiger partial charge in [-0.25, -0.2) is 0 Å². The van der Waals surface area contributed by atoms with E-state index < -0.39 is 6.10 Å². The van der Waals surface area contributed by atoms with E-state index in [1.165, 1.54) is 0 Å². The average Bonchev–Trinajstić information content (AvgIpc) is 2.50. The molecule has 0 saturated carbocycles. The summed E-state index contributed by atoms with van der Waals surface area (Å²) in [6.45, 7) is 4.89. The normalized spacial score (nSPS) is 16.4. The van der Waals surface area contributed by atoms with Crippen LogP contribution in [0.1, 0.15) is 13.8 Å². The van der Waals surface area contributed by atoms with Crippen molar-refractivity contribution < 1.29 is 14.3 Å². The van der Waals surface area contributed by atoms with Gasteiger partial charge in [0.25, 0.3) is 5.91 Å². The molecule has 6 nitrogen and oxygen atoms in total. The second-order valence-electron chi connectivity index (χ2n) is 5.22. The zero-order valence-electron chi connectivity index (χ0n) is 12.3. The predicted molar refractivity (Wildman–Crippen MR) is 80.2 cm³/mol. The molecule has 0 radical (unpaired) electrons. The smallest absolute Gasteiger partial charge is 0.263 e. The van der Waals surface area contributed by atoms with Crippen LogP contribution < -0.4 is 20.7 Å². The van der Waals surface area contributed by atoms with Crippen LogP contribution in [0.3, 0.4) is 0 Å². The van der Waals surface area contributed by atoms with E-state index in [2.05, 4.69) is 16.0 Å². The van der Waals surface area contributed by atoms with E-state index in [-0.39, 0.29) is 17.7 Å². The lowest BCUT2D eigenvalue weighted by Crippen LogP contribution is -2.46. The average molecular weight is 291 g/mol. The minimum Gasteiger partial charge on any atom is -0.477 e. The maximum atomic E-state index is 12.0. The number of anilines is 1. The molecule has 1 aromatic carbocycles. The van der Waals surface area contributed by atoms with Crippen molar-refractivity contribution in [1.29, 1.82) is 0 Å². The number of para-hydroxylation sites is 2. The number of hydrogen-bond donors (Lipinski definition) is 3. The van der Waals surface area contributed by atoms with Gasteiger partial charge in [-0.2, -0.15) is 0 Å². The van der Waals surface area contributed by atoms with Crippen LogP contribution in [0.2, 0.25) is 0 Å². The SMILES string of the molecule is CC(C)C(=O)NCCNC(=O)C1CNc2ccccc2O1. The Morgan fingerprint density at radius 1 is 1.29 bits per heavy atom. The Morgan fingerprint density at radius 3 is 2.76 bits per heavy atom. The van der Waals surface area contributed by atoms with Gasteiger partial charge in [0.05, 0.1) is 12.2 Å². The largest absolute Gasteiger partial charge is 0.477 e. The maximum absolute atomic E-state index is 12.0. The summed E-state index contributed by atoms with van der Waals surface area (Å²) in [4.78, 5) is 23.4. The minimum absolute atomic E-state index is 0.0197. The molecule has 0 bridgehead atoms. The van der Waals surface area contributed by atoms with Gasteiger partial charge in [0.15, 0.2) is 6.10 Å². The van der Waals surface area contributed by atoms with Gasteiger partial charge in [0.2, 0.25) is 5.91 Å². The highest BCUT2D eigenvalue weighted by molar-refractivity contribution is 5.83. The number of rotatable bonds is 5. The Bertz CT molecular complexity index is 517. The lowest BCUT2D eigenvalue weighted by Gasteiger charge is -2.26. The van der Waals surface area contributed by atoms with E-state index in [0.29, 0.717) is 25.4 Å². The highest BCUT2D eigenvalue weighted by Crippen LogP contribution is 2.27. The first-order chi connectivity index (χ1) is 10.1. The zero-order valence-corrected chi connectivity index (χ0v) is 12.3. The van der Waals surface area contributed by atoms with Crippen LogP contribution in [-0.4, -0.2) is 37.6 Å². The Balaban J connectivity index is 1.74. The second kappa shape index (κ2) is 6.97. The number of benzene rings is 1. The van der Waals surface area contributed by atoms with Crippen LogP contribution in [-0.2, 0) is 9.59 Å². The van der Waals surface area contributed by atoms with Crippen molar-refractivity contribution in [2.45, 2.75) is 20.0 Å². The Morgan fingerprint density at radius 2 is 2.00 bits per heavy atom. The third-order valence-electron chi connectivity index (χ3n) is 3.17. The number of ether oxygens (including phenoxy) is 1. The van der Waals surface area contributed by atoms with E-state index in [1.807, 2.05) is 38.1 Å². The molecule has 3 N–H and O–H groups in total. The molecule has 1 aromatic rings. The van der Waals surface area contributed by atoms with Gasteiger partial charge < -0.3 is 20.7 Å². The molecule has 1 unspecified atom stereocenters. The summed E-state index contributed by atoms with van der Waals surface area (Å²) in [6, 6.07) is 7.50. The molecule has 2 amide bonds. The van der Waals surface area contributed by atoms with Crippen LogP contribution in [0.5, 0.6) is 5.75 Å². The Kier molecular flexibility index (Phi) is 5.03. The fraction of sp³-hybridized carbons (Fsp3) is 0.467. The van der Waals surface area contributed by atoms with Crippen LogP contribution in [0.15, 0.2) is 24.3 Å². The first kappa shape index (κ1) is 15.2. The van der Waals surface area contributed by atoms with Crippen LogP contribution in [0, 0.1) is 5.92 Å². The first-order valence-electron chi connectivity index (χ1n) is 7.13. The summed E-state index contributed by atoms with van der Waals surface area (Å²) in [5, 5.41) is 8.67. The molecule has 0 aliphatic carbocycles. The third kappa shape index (κ3) is 4.11. The molecular formula is C15H21N3O3. The van der Waals surface area contributed by atoms with Crippen molar-refractivity contribution in [2.75, 3.05) is 25.0 Å². The van der Waals surface area contributed by atoms with Crippen molar-refractivity contribution in [2.24, 2.45) is 5.92 Å². The van der Waals surface area contributed by atoms with E-state index in [4.69, 9.17) is 4.74 Å². The first-order valence-corrected chi connectivity index (χ1v) is 7.13. The molecule has 1 aliphatic heterocycles.